The predicted octanol–water partition coefficient (Wildman–Crippen LogP) is -1.22. The number of nitrogens with two attached hydrogens (primary N) is 1. The molecule has 3 N–H and O–H groups in total. The number of amides is 2. The number of hydrazine groups is 1. The molecule has 0 aromatic rings. The maximum Gasteiger partial charge on any atom is 0.328 e. The Kier molecular flexibility index (Phi) is 3.48. The van der Waals surface area contributed by atoms with Crippen LogP contribution in [0.5, 0.6) is 0 Å². The van der Waals surface area contributed by atoms with Gasteiger partial charge < -0.3 is 10.8 Å². The van der Waals surface area contributed by atoms with Gasteiger partial charge in [0.15, 0.2) is 0 Å². The van der Waals surface area contributed by atoms with Gasteiger partial charge in [-0.15, -0.1) is 0 Å². The highest BCUT2D eigenvalue weighted by atomic mass is 16.4. The molecule has 1 aliphatic rings. The molecule has 0 radical (unpaired) electrons. The molecule has 1 fully saturated rings. The van der Waals surface area contributed by atoms with Gasteiger partial charge in [0.05, 0.1) is 6.04 Å². The quantitative estimate of drug-likeness (QED) is 0.617. The molecule has 2 atom stereocenters. The van der Waals surface area contributed by atoms with Crippen molar-refractivity contribution >= 4 is 17.8 Å². The topological polar surface area (TPSA) is 104 Å². The SMILES string of the molecule is CC(C(=O)O)N1C(=O)C(N)CCC(=O)N1C. The van der Waals surface area contributed by atoms with Crippen LogP contribution in [0.25, 0.3) is 0 Å². The van der Waals surface area contributed by atoms with Gasteiger partial charge in [0.2, 0.25) is 5.91 Å². The van der Waals surface area contributed by atoms with Crippen molar-refractivity contribution in [2.24, 2.45) is 5.73 Å². The van der Waals surface area contributed by atoms with Crippen molar-refractivity contribution < 1.29 is 19.5 Å². The van der Waals surface area contributed by atoms with Crippen LogP contribution in [-0.4, -0.2) is 52.0 Å². The molecule has 0 aromatic heterocycles. The Balaban J connectivity index is 3.03. The van der Waals surface area contributed by atoms with E-state index in [1.807, 2.05) is 0 Å². The van der Waals surface area contributed by atoms with Gasteiger partial charge in [0.1, 0.15) is 6.04 Å². The Bertz CT molecular complexity index is 331. The Morgan fingerprint density at radius 1 is 1.56 bits per heavy atom. The minimum absolute atomic E-state index is 0.145. The summed E-state index contributed by atoms with van der Waals surface area (Å²) in [5.74, 6) is -2.03. The predicted molar refractivity (Wildman–Crippen MR) is 53.9 cm³/mol. The number of aliphatic carboxylic acids is 1. The van der Waals surface area contributed by atoms with Crippen molar-refractivity contribution in [1.82, 2.24) is 10.0 Å². The minimum atomic E-state index is -1.18. The zero-order valence-electron chi connectivity index (χ0n) is 9.21. The van der Waals surface area contributed by atoms with Gasteiger partial charge in [-0.05, 0) is 13.3 Å². The summed E-state index contributed by atoms with van der Waals surface area (Å²) in [6, 6.07) is -1.93. The van der Waals surface area contributed by atoms with E-state index in [-0.39, 0.29) is 18.7 Å². The molecule has 7 nitrogen and oxygen atoms in total. The molecule has 1 heterocycles. The van der Waals surface area contributed by atoms with E-state index < -0.39 is 24.0 Å². The third-order valence-electron chi connectivity index (χ3n) is 2.62. The van der Waals surface area contributed by atoms with Gasteiger partial charge in [-0.25, -0.2) is 9.80 Å². The van der Waals surface area contributed by atoms with Gasteiger partial charge in [0.25, 0.3) is 5.91 Å². The van der Waals surface area contributed by atoms with E-state index in [4.69, 9.17) is 10.8 Å². The van der Waals surface area contributed by atoms with Gasteiger partial charge in [0, 0.05) is 13.5 Å². The molecule has 0 bridgehead atoms. The Labute approximate surface area is 92.8 Å². The standard InChI is InChI=1S/C9H15N3O4/c1-5(9(15)16)12-8(14)6(10)3-4-7(13)11(12)2/h5-6H,3-4,10H2,1-2H3,(H,15,16). The van der Waals surface area contributed by atoms with Crippen LogP contribution in [0.3, 0.4) is 0 Å². The normalized spacial score (nSPS) is 24.3. The molecule has 1 aliphatic heterocycles. The molecule has 16 heavy (non-hydrogen) atoms. The highest BCUT2D eigenvalue weighted by molar-refractivity contribution is 5.91. The number of carboxylic acids is 1. The van der Waals surface area contributed by atoms with E-state index in [1.165, 1.54) is 14.0 Å². The number of carbonyl (C=O) groups excluding carboxylic acids is 2. The summed E-state index contributed by atoms with van der Waals surface area (Å²) >= 11 is 0. The lowest BCUT2D eigenvalue weighted by molar-refractivity contribution is -0.170. The first-order valence-corrected chi connectivity index (χ1v) is 4.94. The summed E-state index contributed by atoms with van der Waals surface area (Å²) in [5, 5.41) is 10.8. The average Bonchev–Trinajstić information content (AvgIpc) is 2.31. The zero-order valence-corrected chi connectivity index (χ0v) is 9.21. The monoisotopic (exact) mass is 229 g/mol. The first-order chi connectivity index (χ1) is 7.36. The third-order valence-corrected chi connectivity index (χ3v) is 2.62. The molecule has 7 heteroatoms. The first kappa shape index (κ1) is 12.4. The second-order valence-electron chi connectivity index (χ2n) is 3.76. The number of rotatable bonds is 2. The summed E-state index contributed by atoms with van der Waals surface area (Å²) in [6.07, 6.45) is 0.386. The highest BCUT2D eigenvalue weighted by Crippen LogP contribution is 2.14. The van der Waals surface area contributed by atoms with Crippen LogP contribution in [0.1, 0.15) is 19.8 Å². The van der Waals surface area contributed by atoms with Crippen molar-refractivity contribution in [2.45, 2.75) is 31.8 Å². The Hall–Kier alpha value is -1.63. The smallest absolute Gasteiger partial charge is 0.328 e. The van der Waals surface area contributed by atoms with Crippen LogP contribution in [0.15, 0.2) is 0 Å². The second-order valence-corrected chi connectivity index (χ2v) is 3.76. The van der Waals surface area contributed by atoms with Crippen molar-refractivity contribution in [3.05, 3.63) is 0 Å². The summed E-state index contributed by atoms with van der Waals surface area (Å²) in [7, 11) is 1.37. The van der Waals surface area contributed by atoms with Crippen LogP contribution in [0.4, 0.5) is 0 Å². The third kappa shape index (κ3) is 2.13. The molecule has 2 amide bonds. The summed E-state index contributed by atoms with van der Waals surface area (Å²) in [5.41, 5.74) is 5.57. The molecule has 2 unspecified atom stereocenters. The number of hydrogen-bond donors (Lipinski definition) is 2. The molecular formula is C9H15N3O4. The minimum Gasteiger partial charge on any atom is -0.480 e. The average molecular weight is 229 g/mol. The number of hydrogen-bond acceptors (Lipinski definition) is 4. The lowest BCUT2D eigenvalue weighted by atomic mass is 10.1. The van der Waals surface area contributed by atoms with Crippen LogP contribution in [-0.2, 0) is 14.4 Å². The number of carbonyl (C=O) groups is 3. The van der Waals surface area contributed by atoms with Gasteiger partial charge >= 0.3 is 5.97 Å². The fraction of sp³-hybridized carbons (Fsp3) is 0.667. The van der Waals surface area contributed by atoms with Crippen LogP contribution < -0.4 is 5.73 Å². The van der Waals surface area contributed by atoms with Crippen LogP contribution in [0, 0.1) is 0 Å². The molecule has 0 aliphatic carbocycles. The fourth-order valence-corrected chi connectivity index (χ4v) is 1.56. The van der Waals surface area contributed by atoms with Crippen molar-refractivity contribution in [1.29, 1.82) is 0 Å². The maximum absolute atomic E-state index is 11.8. The summed E-state index contributed by atoms with van der Waals surface area (Å²) in [6.45, 7) is 1.34. The van der Waals surface area contributed by atoms with Crippen LogP contribution >= 0.6 is 0 Å². The summed E-state index contributed by atoms with van der Waals surface area (Å²) < 4.78 is 0. The van der Waals surface area contributed by atoms with Crippen molar-refractivity contribution in [3.63, 3.8) is 0 Å². The maximum atomic E-state index is 11.8. The van der Waals surface area contributed by atoms with Gasteiger partial charge in [-0.3, -0.25) is 14.6 Å². The Morgan fingerprint density at radius 3 is 2.62 bits per heavy atom. The zero-order chi connectivity index (χ0) is 12.5. The molecule has 0 saturated carbocycles. The molecule has 0 aromatic carbocycles. The first-order valence-electron chi connectivity index (χ1n) is 4.94. The second kappa shape index (κ2) is 4.48. The van der Waals surface area contributed by atoms with Crippen LogP contribution in [0.2, 0.25) is 0 Å². The van der Waals surface area contributed by atoms with E-state index in [2.05, 4.69) is 0 Å². The van der Waals surface area contributed by atoms with Gasteiger partial charge in [-0.1, -0.05) is 0 Å². The molecule has 1 saturated heterocycles. The molecule has 0 spiro atoms. The Morgan fingerprint density at radius 2 is 2.12 bits per heavy atom. The summed E-state index contributed by atoms with van der Waals surface area (Å²) in [4.78, 5) is 34.2. The molecular weight excluding hydrogens is 214 g/mol. The lowest BCUT2D eigenvalue weighted by Crippen LogP contribution is -2.56. The molecule has 1 rings (SSSR count). The van der Waals surface area contributed by atoms with E-state index in [9.17, 15) is 14.4 Å². The van der Waals surface area contributed by atoms with E-state index >= 15 is 0 Å². The lowest BCUT2D eigenvalue weighted by Gasteiger charge is -2.33. The largest absolute Gasteiger partial charge is 0.480 e. The fourth-order valence-electron chi connectivity index (χ4n) is 1.56. The van der Waals surface area contributed by atoms with E-state index in [0.29, 0.717) is 0 Å². The van der Waals surface area contributed by atoms with Gasteiger partial charge in [-0.2, -0.15) is 0 Å². The highest BCUT2D eigenvalue weighted by Gasteiger charge is 2.37. The van der Waals surface area contributed by atoms with Crippen molar-refractivity contribution in [2.75, 3.05) is 7.05 Å². The van der Waals surface area contributed by atoms with Crippen molar-refractivity contribution in [3.8, 4) is 0 Å². The van der Waals surface area contributed by atoms with E-state index in [0.717, 1.165) is 10.0 Å². The number of nitrogens with zero attached hydrogens (tertiary/aromatic N) is 2. The molecule has 90 valence electrons. The number of carboxylic acid groups (broad SMARTS) is 1. The van der Waals surface area contributed by atoms with E-state index in [1.54, 1.807) is 0 Å².